The van der Waals surface area contributed by atoms with E-state index in [1.165, 1.54) is 11.1 Å². The van der Waals surface area contributed by atoms with Crippen LogP contribution >= 0.6 is 0 Å². The van der Waals surface area contributed by atoms with Crippen LogP contribution in [-0.4, -0.2) is 18.1 Å². The van der Waals surface area contributed by atoms with Gasteiger partial charge in [0.1, 0.15) is 0 Å². The maximum atomic E-state index is 4.23. The number of hydrogen-bond acceptors (Lipinski definition) is 2. The Hall–Kier alpha value is -0.890. The van der Waals surface area contributed by atoms with Gasteiger partial charge in [0.05, 0.1) is 0 Å². The second kappa shape index (κ2) is 6.64. The fraction of sp³-hybridized carbons (Fsp3) is 0.643. The summed E-state index contributed by atoms with van der Waals surface area (Å²) < 4.78 is 0. The molecule has 0 spiro atoms. The summed E-state index contributed by atoms with van der Waals surface area (Å²) in [6.07, 6.45) is 5.00. The molecule has 1 heterocycles. The maximum Gasteiger partial charge on any atom is 0.0300 e. The first-order valence-electron chi connectivity index (χ1n) is 6.19. The smallest absolute Gasteiger partial charge is 0.0300 e. The Kier molecular flexibility index (Phi) is 5.47. The van der Waals surface area contributed by atoms with Gasteiger partial charge in [0, 0.05) is 12.4 Å². The first kappa shape index (κ1) is 13.2. The van der Waals surface area contributed by atoms with E-state index >= 15 is 0 Å². The van der Waals surface area contributed by atoms with Crippen molar-refractivity contribution in [2.24, 2.45) is 11.8 Å². The molecule has 0 aliphatic heterocycles. The summed E-state index contributed by atoms with van der Waals surface area (Å²) >= 11 is 0. The molecule has 90 valence electrons. The third kappa shape index (κ3) is 5.26. The van der Waals surface area contributed by atoms with Crippen LogP contribution in [0.1, 0.15) is 31.9 Å². The molecule has 0 fully saturated rings. The van der Waals surface area contributed by atoms with Crippen molar-refractivity contribution in [1.29, 1.82) is 0 Å². The molecular weight excluding hydrogens is 196 g/mol. The van der Waals surface area contributed by atoms with Crippen LogP contribution in [0, 0.1) is 18.8 Å². The summed E-state index contributed by atoms with van der Waals surface area (Å²) in [5, 5.41) is 3.50. The van der Waals surface area contributed by atoms with Gasteiger partial charge in [0.25, 0.3) is 0 Å². The van der Waals surface area contributed by atoms with Gasteiger partial charge in [-0.15, -0.1) is 0 Å². The standard InChI is InChI=1S/C14H24N2/c1-11(2)7-15-8-12(3)5-14-6-13(4)9-16-10-14/h6,9-12,15H,5,7-8H2,1-4H3. The lowest BCUT2D eigenvalue weighted by Crippen LogP contribution is -2.26. The van der Waals surface area contributed by atoms with E-state index in [-0.39, 0.29) is 0 Å². The van der Waals surface area contributed by atoms with Crippen LogP contribution < -0.4 is 5.32 Å². The van der Waals surface area contributed by atoms with Gasteiger partial charge in [0.15, 0.2) is 0 Å². The minimum atomic E-state index is 0.669. The van der Waals surface area contributed by atoms with E-state index < -0.39 is 0 Å². The molecule has 0 aliphatic carbocycles. The SMILES string of the molecule is Cc1cncc(CC(C)CNCC(C)C)c1. The predicted octanol–water partition coefficient (Wildman–Crippen LogP) is 2.81. The quantitative estimate of drug-likeness (QED) is 0.797. The average molecular weight is 220 g/mol. The Morgan fingerprint density at radius 3 is 2.56 bits per heavy atom. The van der Waals surface area contributed by atoms with Gasteiger partial charge in [-0.25, -0.2) is 0 Å². The highest BCUT2D eigenvalue weighted by atomic mass is 14.9. The van der Waals surface area contributed by atoms with Crippen LogP contribution in [0.5, 0.6) is 0 Å². The van der Waals surface area contributed by atoms with E-state index in [4.69, 9.17) is 0 Å². The van der Waals surface area contributed by atoms with E-state index in [2.05, 4.69) is 44.1 Å². The van der Waals surface area contributed by atoms with Crippen LogP contribution in [0.25, 0.3) is 0 Å². The summed E-state index contributed by atoms with van der Waals surface area (Å²) in [5.41, 5.74) is 2.60. The van der Waals surface area contributed by atoms with E-state index in [0.29, 0.717) is 5.92 Å². The number of hydrogen-bond donors (Lipinski definition) is 1. The molecule has 0 saturated heterocycles. The molecule has 1 unspecified atom stereocenters. The highest BCUT2D eigenvalue weighted by Crippen LogP contribution is 2.08. The zero-order valence-corrected chi connectivity index (χ0v) is 11.0. The van der Waals surface area contributed by atoms with Crippen molar-refractivity contribution in [2.45, 2.75) is 34.1 Å². The Bertz CT molecular complexity index is 307. The molecule has 1 N–H and O–H groups in total. The van der Waals surface area contributed by atoms with Crippen molar-refractivity contribution in [3.05, 3.63) is 29.6 Å². The van der Waals surface area contributed by atoms with Crippen molar-refractivity contribution >= 4 is 0 Å². The van der Waals surface area contributed by atoms with Crippen molar-refractivity contribution in [2.75, 3.05) is 13.1 Å². The maximum absolute atomic E-state index is 4.23. The van der Waals surface area contributed by atoms with Crippen LogP contribution in [0.4, 0.5) is 0 Å². The van der Waals surface area contributed by atoms with Crippen LogP contribution in [0.15, 0.2) is 18.5 Å². The number of nitrogens with zero attached hydrogens (tertiary/aromatic N) is 1. The largest absolute Gasteiger partial charge is 0.316 e. The summed E-state index contributed by atoms with van der Waals surface area (Å²) in [5.74, 6) is 1.40. The minimum absolute atomic E-state index is 0.669. The minimum Gasteiger partial charge on any atom is -0.316 e. The topological polar surface area (TPSA) is 24.9 Å². The van der Waals surface area contributed by atoms with Gasteiger partial charge < -0.3 is 5.32 Å². The zero-order chi connectivity index (χ0) is 12.0. The number of pyridine rings is 1. The van der Waals surface area contributed by atoms with Crippen LogP contribution in [0.2, 0.25) is 0 Å². The molecule has 1 aromatic heterocycles. The fourth-order valence-electron chi connectivity index (χ4n) is 1.82. The fourth-order valence-corrected chi connectivity index (χ4v) is 1.82. The molecule has 0 bridgehead atoms. The molecular formula is C14H24N2. The van der Waals surface area contributed by atoms with E-state index in [0.717, 1.165) is 25.4 Å². The number of rotatable bonds is 6. The Morgan fingerprint density at radius 1 is 1.19 bits per heavy atom. The first-order chi connectivity index (χ1) is 7.58. The van der Waals surface area contributed by atoms with Crippen LogP contribution in [0.3, 0.4) is 0 Å². The van der Waals surface area contributed by atoms with Gasteiger partial charge in [-0.2, -0.15) is 0 Å². The van der Waals surface area contributed by atoms with E-state index in [1.807, 2.05) is 12.4 Å². The average Bonchev–Trinajstić information content (AvgIpc) is 2.16. The normalized spacial score (nSPS) is 13.1. The molecule has 0 aromatic carbocycles. The third-order valence-corrected chi connectivity index (χ3v) is 2.56. The van der Waals surface area contributed by atoms with Gasteiger partial charge in [0.2, 0.25) is 0 Å². The van der Waals surface area contributed by atoms with Gasteiger partial charge in [-0.3, -0.25) is 4.98 Å². The van der Waals surface area contributed by atoms with Crippen molar-refractivity contribution in [3.63, 3.8) is 0 Å². The van der Waals surface area contributed by atoms with Gasteiger partial charge in [-0.05, 0) is 49.4 Å². The molecule has 0 aliphatic rings. The molecule has 2 nitrogen and oxygen atoms in total. The molecule has 1 rings (SSSR count). The second-order valence-electron chi connectivity index (χ2n) is 5.23. The van der Waals surface area contributed by atoms with Crippen LogP contribution in [-0.2, 0) is 6.42 Å². The number of nitrogens with one attached hydrogen (secondary N) is 1. The van der Waals surface area contributed by atoms with E-state index in [1.54, 1.807) is 0 Å². The molecule has 1 atom stereocenters. The van der Waals surface area contributed by atoms with Gasteiger partial charge in [-0.1, -0.05) is 26.8 Å². The molecule has 0 radical (unpaired) electrons. The van der Waals surface area contributed by atoms with Gasteiger partial charge >= 0.3 is 0 Å². The number of aryl methyl sites for hydroxylation is 1. The molecule has 1 aromatic rings. The molecule has 0 amide bonds. The van der Waals surface area contributed by atoms with Crippen molar-refractivity contribution in [3.8, 4) is 0 Å². The lowest BCUT2D eigenvalue weighted by Gasteiger charge is -2.14. The lowest BCUT2D eigenvalue weighted by molar-refractivity contribution is 0.473. The Labute approximate surface area is 99.5 Å². The predicted molar refractivity (Wildman–Crippen MR) is 69.5 cm³/mol. The van der Waals surface area contributed by atoms with Crippen molar-refractivity contribution in [1.82, 2.24) is 10.3 Å². The number of aromatic nitrogens is 1. The second-order valence-corrected chi connectivity index (χ2v) is 5.23. The summed E-state index contributed by atoms with van der Waals surface area (Å²) in [7, 11) is 0. The highest BCUT2D eigenvalue weighted by molar-refractivity contribution is 5.16. The summed E-state index contributed by atoms with van der Waals surface area (Å²) in [4.78, 5) is 4.23. The highest BCUT2D eigenvalue weighted by Gasteiger charge is 2.04. The van der Waals surface area contributed by atoms with Crippen molar-refractivity contribution < 1.29 is 0 Å². The third-order valence-electron chi connectivity index (χ3n) is 2.56. The first-order valence-corrected chi connectivity index (χ1v) is 6.19. The Morgan fingerprint density at radius 2 is 1.94 bits per heavy atom. The lowest BCUT2D eigenvalue weighted by atomic mass is 10.0. The molecule has 2 heteroatoms. The molecule has 16 heavy (non-hydrogen) atoms. The zero-order valence-electron chi connectivity index (χ0n) is 11.0. The van der Waals surface area contributed by atoms with E-state index in [9.17, 15) is 0 Å². The Balaban J connectivity index is 2.31. The molecule has 0 saturated carbocycles. The summed E-state index contributed by atoms with van der Waals surface area (Å²) in [6.45, 7) is 11.1. The summed E-state index contributed by atoms with van der Waals surface area (Å²) in [6, 6.07) is 2.23. The monoisotopic (exact) mass is 220 g/mol.